The summed E-state index contributed by atoms with van der Waals surface area (Å²) in [6, 6.07) is -1.11. The highest BCUT2D eigenvalue weighted by Gasteiger charge is 2.55. The zero-order chi connectivity index (χ0) is 21.6. The fraction of sp³-hybridized carbons (Fsp3) is 0.750. The monoisotopic (exact) mass is 423 g/mol. The van der Waals surface area contributed by atoms with E-state index in [0.717, 1.165) is 27.9 Å². The van der Waals surface area contributed by atoms with Crippen LogP contribution in [-0.4, -0.2) is 78.1 Å². The molecule has 1 aliphatic heterocycles. The van der Waals surface area contributed by atoms with E-state index in [4.69, 9.17) is 24.7 Å². The van der Waals surface area contributed by atoms with Crippen LogP contribution in [0.5, 0.6) is 0 Å². The van der Waals surface area contributed by atoms with E-state index in [-0.39, 0.29) is 6.42 Å². The lowest BCUT2D eigenvalue weighted by Crippen LogP contribution is -2.65. The number of carbonyl (C=O) groups is 4. The van der Waals surface area contributed by atoms with Gasteiger partial charge in [0.05, 0.1) is 19.8 Å². The van der Waals surface area contributed by atoms with Gasteiger partial charge in [-0.1, -0.05) is 0 Å². The topological polar surface area (TPSA) is 161 Å². The molecule has 1 fully saturated rings. The van der Waals surface area contributed by atoms with Crippen LogP contribution in [0.1, 0.15) is 27.2 Å². The summed E-state index contributed by atoms with van der Waals surface area (Å²) in [7, 11) is 1.10. The lowest BCUT2D eigenvalue weighted by atomic mass is 9.90. The first-order valence-electron chi connectivity index (χ1n) is 8.31. The lowest BCUT2D eigenvalue weighted by Gasteiger charge is -2.46. The average molecular weight is 423 g/mol. The van der Waals surface area contributed by atoms with Crippen LogP contribution in [0, 0.1) is 0 Å². The summed E-state index contributed by atoms with van der Waals surface area (Å²) >= 11 is 4.20. The molecule has 28 heavy (non-hydrogen) atoms. The minimum Gasteiger partial charge on any atom is -0.466 e. The molecule has 0 aliphatic carbocycles. The first kappa shape index (κ1) is 24.1. The van der Waals surface area contributed by atoms with Crippen LogP contribution in [-0.2, 0) is 42.9 Å². The van der Waals surface area contributed by atoms with Gasteiger partial charge in [0.25, 0.3) is 0 Å². The Kier molecular flexibility index (Phi) is 8.67. The molecule has 1 aliphatic rings. The zero-order valence-corrected chi connectivity index (χ0v) is 16.8. The van der Waals surface area contributed by atoms with Crippen molar-refractivity contribution in [1.29, 1.82) is 0 Å². The van der Waals surface area contributed by atoms with Crippen molar-refractivity contribution >= 4 is 36.5 Å². The summed E-state index contributed by atoms with van der Waals surface area (Å²) in [5.41, 5.74) is 6.13. The molecule has 3 N–H and O–H groups in total. The summed E-state index contributed by atoms with van der Waals surface area (Å²) < 4.78 is 25.7. The Bertz CT molecular complexity index is 614. The van der Waals surface area contributed by atoms with Crippen LogP contribution in [0.2, 0.25) is 0 Å². The van der Waals surface area contributed by atoms with Gasteiger partial charge in [-0.05, 0) is 0 Å². The van der Waals surface area contributed by atoms with Gasteiger partial charge in [0.1, 0.15) is 12.2 Å². The van der Waals surface area contributed by atoms with Crippen molar-refractivity contribution < 1.29 is 48.0 Å². The highest BCUT2D eigenvalue weighted by atomic mass is 32.1. The molecule has 0 bridgehead atoms. The summed E-state index contributed by atoms with van der Waals surface area (Å²) in [4.78, 5) is 44.7. The summed E-state index contributed by atoms with van der Waals surface area (Å²) in [6.45, 7) is 2.59. The number of aliphatic hydroxyl groups is 1. The fourth-order valence-electron chi connectivity index (χ4n) is 2.85. The Labute approximate surface area is 167 Å². The van der Waals surface area contributed by atoms with Gasteiger partial charge in [0, 0.05) is 27.2 Å². The molecule has 1 saturated heterocycles. The molecule has 0 amide bonds. The predicted molar refractivity (Wildman–Crippen MR) is 94.9 cm³/mol. The van der Waals surface area contributed by atoms with Gasteiger partial charge in [-0.25, -0.2) is 4.79 Å². The van der Waals surface area contributed by atoms with Crippen molar-refractivity contribution in [2.45, 2.75) is 62.6 Å². The van der Waals surface area contributed by atoms with E-state index in [0.29, 0.717) is 0 Å². The van der Waals surface area contributed by atoms with Crippen LogP contribution in [0.15, 0.2) is 0 Å². The number of hydrogen-bond acceptors (Lipinski definition) is 12. The van der Waals surface area contributed by atoms with Gasteiger partial charge < -0.3 is 34.5 Å². The normalized spacial score (nSPS) is 29.2. The Hall–Kier alpha value is -1.89. The minimum absolute atomic E-state index is 0.246. The van der Waals surface area contributed by atoms with Crippen LogP contribution in [0.25, 0.3) is 0 Å². The van der Waals surface area contributed by atoms with Crippen molar-refractivity contribution in [1.82, 2.24) is 0 Å². The third kappa shape index (κ3) is 6.06. The smallest absolute Gasteiger partial charge is 0.348 e. The molecule has 160 valence electrons. The second-order valence-corrected chi connectivity index (χ2v) is 6.91. The van der Waals surface area contributed by atoms with Crippen LogP contribution >= 0.6 is 12.6 Å². The molecule has 0 radical (unpaired) electrons. The summed E-state index contributed by atoms with van der Waals surface area (Å²) in [6.07, 6.45) is -5.43. The van der Waals surface area contributed by atoms with Crippen molar-refractivity contribution in [3.05, 3.63) is 0 Å². The van der Waals surface area contributed by atoms with Crippen LogP contribution in [0.3, 0.4) is 0 Å². The number of carbonyl (C=O) groups excluding carboxylic acids is 4. The minimum atomic E-state index is -1.90. The maximum atomic E-state index is 12.2. The summed E-state index contributed by atoms with van der Waals surface area (Å²) in [5, 5.41) is 9.61. The Morgan fingerprint density at radius 3 is 2.18 bits per heavy atom. The van der Waals surface area contributed by atoms with Crippen molar-refractivity contribution in [3.8, 4) is 0 Å². The molecular weight excluding hydrogens is 398 g/mol. The molecule has 6 atom stereocenters. The SMILES string of the molecule is COC(=O)[C@]1(S)C[C@@H](OC(C)=O)[C@@H](N)C([C@H](OC(C)=O)[C@@H](CO)OC(C)=O)O1. The summed E-state index contributed by atoms with van der Waals surface area (Å²) in [5.74, 6) is -3.13. The second-order valence-electron chi connectivity index (χ2n) is 6.19. The molecule has 0 spiro atoms. The first-order chi connectivity index (χ1) is 12.9. The molecule has 0 aromatic carbocycles. The highest BCUT2D eigenvalue weighted by Crippen LogP contribution is 2.37. The maximum absolute atomic E-state index is 12.2. The number of nitrogens with two attached hydrogens (primary N) is 1. The number of rotatable bonds is 7. The number of hydrogen-bond donors (Lipinski definition) is 3. The largest absolute Gasteiger partial charge is 0.466 e. The molecule has 12 heteroatoms. The molecular formula is C16H25NO10S. The van der Waals surface area contributed by atoms with Crippen LogP contribution in [0.4, 0.5) is 0 Å². The quantitative estimate of drug-likeness (QED) is 0.253. The molecule has 1 unspecified atom stereocenters. The third-order valence-electron chi connectivity index (χ3n) is 3.93. The van der Waals surface area contributed by atoms with E-state index in [2.05, 4.69) is 17.4 Å². The van der Waals surface area contributed by atoms with E-state index in [9.17, 15) is 24.3 Å². The second kappa shape index (κ2) is 10.0. The molecule has 0 aromatic rings. The van der Waals surface area contributed by atoms with Crippen molar-refractivity contribution in [3.63, 3.8) is 0 Å². The lowest BCUT2D eigenvalue weighted by molar-refractivity contribution is -0.219. The number of methoxy groups -OCH3 is 1. The van der Waals surface area contributed by atoms with Crippen molar-refractivity contribution in [2.75, 3.05) is 13.7 Å². The zero-order valence-electron chi connectivity index (χ0n) is 15.9. The standard InChI is InChI=1S/C16H25NO10S/c1-7(19)24-10-5-16(28,15(22)23-4)27-14(12(10)17)13(26-9(3)21)11(6-18)25-8(2)20/h10-14,18,28H,5-6,17H2,1-4H3/t10-,11-,12-,13-,14?,16-/m1/s1. The highest BCUT2D eigenvalue weighted by molar-refractivity contribution is 7.82. The van der Waals surface area contributed by atoms with Gasteiger partial charge in [0.15, 0.2) is 12.2 Å². The molecule has 1 heterocycles. The van der Waals surface area contributed by atoms with E-state index in [1.165, 1.54) is 0 Å². The van der Waals surface area contributed by atoms with Crippen LogP contribution < -0.4 is 5.73 Å². The number of esters is 4. The van der Waals surface area contributed by atoms with Crippen molar-refractivity contribution in [2.24, 2.45) is 5.73 Å². The third-order valence-corrected chi connectivity index (χ3v) is 4.40. The Balaban J connectivity index is 3.35. The average Bonchev–Trinajstić information content (AvgIpc) is 2.59. The van der Waals surface area contributed by atoms with Gasteiger partial charge in [-0.15, -0.1) is 12.6 Å². The Morgan fingerprint density at radius 1 is 1.18 bits per heavy atom. The molecule has 0 saturated carbocycles. The number of thiol groups is 1. The predicted octanol–water partition coefficient (Wildman–Crippen LogP) is -1.31. The van der Waals surface area contributed by atoms with E-state index >= 15 is 0 Å². The van der Waals surface area contributed by atoms with E-state index in [1.54, 1.807) is 0 Å². The molecule has 1 rings (SSSR count). The van der Waals surface area contributed by atoms with Gasteiger partial charge in [-0.3, -0.25) is 14.4 Å². The maximum Gasteiger partial charge on any atom is 0.348 e. The molecule has 11 nitrogen and oxygen atoms in total. The van der Waals surface area contributed by atoms with Gasteiger partial charge in [-0.2, -0.15) is 0 Å². The number of ether oxygens (including phenoxy) is 5. The fourth-order valence-corrected chi connectivity index (χ4v) is 3.24. The molecule has 0 aromatic heterocycles. The van der Waals surface area contributed by atoms with E-state index < -0.39 is 65.9 Å². The van der Waals surface area contributed by atoms with Gasteiger partial charge in [0.2, 0.25) is 4.93 Å². The Morgan fingerprint density at radius 2 is 1.75 bits per heavy atom. The first-order valence-corrected chi connectivity index (χ1v) is 8.76. The van der Waals surface area contributed by atoms with E-state index in [1.807, 2.05) is 0 Å². The number of aliphatic hydroxyl groups excluding tert-OH is 1. The van der Waals surface area contributed by atoms with Gasteiger partial charge >= 0.3 is 23.9 Å².